The van der Waals surface area contributed by atoms with Crippen LogP contribution >= 0.6 is 0 Å². The smallest absolute Gasteiger partial charge is 0.256 e. The second kappa shape index (κ2) is 9.03. The summed E-state index contributed by atoms with van der Waals surface area (Å²) in [5.41, 5.74) is 9.90. The summed E-state index contributed by atoms with van der Waals surface area (Å²) in [6.07, 6.45) is 9.37. The summed E-state index contributed by atoms with van der Waals surface area (Å²) >= 11 is 0. The molecule has 2 heterocycles. The lowest BCUT2D eigenvalue weighted by atomic mass is 9.69. The van der Waals surface area contributed by atoms with Gasteiger partial charge < -0.3 is 10.7 Å². The van der Waals surface area contributed by atoms with Crippen LogP contribution in [0.1, 0.15) is 76.3 Å². The molecule has 34 heavy (non-hydrogen) atoms. The normalized spacial score (nSPS) is 23.1. The van der Waals surface area contributed by atoms with E-state index in [1.807, 2.05) is 36.4 Å². The number of rotatable bonds is 4. The Morgan fingerprint density at radius 1 is 1.00 bits per heavy atom. The zero-order valence-electron chi connectivity index (χ0n) is 20.4. The molecule has 5 rings (SSSR count). The van der Waals surface area contributed by atoms with E-state index in [2.05, 4.69) is 35.9 Å². The Bertz CT molecular complexity index is 1260. The maximum Gasteiger partial charge on any atom is 0.256 e. The van der Waals surface area contributed by atoms with E-state index in [4.69, 9.17) is 11.1 Å². The monoisotopic (exact) mass is 456 g/mol. The van der Waals surface area contributed by atoms with Gasteiger partial charge in [0.1, 0.15) is 5.84 Å². The summed E-state index contributed by atoms with van der Waals surface area (Å²) < 4.78 is 0. The average Bonchev–Trinajstić information content (AvgIpc) is 2.83. The van der Waals surface area contributed by atoms with Crippen molar-refractivity contribution in [2.45, 2.75) is 82.8 Å². The second-order valence-corrected chi connectivity index (χ2v) is 10.4. The second-order valence-electron chi connectivity index (χ2n) is 10.4. The molecule has 2 aliphatic rings. The Labute approximate surface area is 201 Å². The molecule has 2 atom stereocenters. The number of nitrogen functional groups attached to an aromatic ring is 1. The number of H-pyrrole nitrogens is 1. The third-order valence-corrected chi connectivity index (χ3v) is 8.22. The van der Waals surface area contributed by atoms with Gasteiger partial charge in [0.05, 0.1) is 5.56 Å². The van der Waals surface area contributed by atoms with Crippen LogP contribution in [0.5, 0.6) is 0 Å². The third-order valence-electron chi connectivity index (χ3n) is 8.22. The number of pyridine rings is 1. The van der Waals surface area contributed by atoms with Gasteiger partial charge in [0.15, 0.2) is 0 Å². The largest absolute Gasteiger partial charge is 0.384 e. The molecule has 0 amide bonds. The van der Waals surface area contributed by atoms with Crippen molar-refractivity contribution in [1.82, 2.24) is 9.88 Å². The number of aromatic nitrogens is 1. The van der Waals surface area contributed by atoms with Crippen molar-refractivity contribution in [3.8, 4) is 11.1 Å². The predicted molar refractivity (Wildman–Crippen MR) is 140 cm³/mol. The van der Waals surface area contributed by atoms with Crippen molar-refractivity contribution in [3.63, 3.8) is 0 Å². The van der Waals surface area contributed by atoms with E-state index in [-0.39, 0.29) is 16.9 Å². The molecule has 1 aliphatic heterocycles. The number of piperidine rings is 1. The number of nitrogens with one attached hydrogen (secondary N) is 2. The fraction of sp³-hybridized carbons (Fsp3) is 0.448. The average molecular weight is 457 g/mol. The molecule has 4 N–H and O–H groups in total. The molecular weight excluding hydrogens is 420 g/mol. The molecule has 1 aliphatic carbocycles. The maximum atomic E-state index is 13.8. The molecule has 1 saturated heterocycles. The number of hydrogen-bond donors (Lipinski definition) is 3. The van der Waals surface area contributed by atoms with Gasteiger partial charge >= 0.3 is 0 Å². The van der Waals surface area contributed by atoms with Crippen LogP contribution < -0.4 is 11.3 Å². The van der Waals surface area contributed by atoms with E-state index >= 15 is 0 Å². The lowest BCUT2D eigenvalue weighted by molar-refractivity contribution is -0.0394. The summed E-state index contributed by atoms with van der Waals surface area (Å²) in [7, 11) is 0. The molecule has 1 saturated carbocycles. The fourth-order valence-electron chi connectivity index (χ4n) is 6.88. The van der Waals surface area contributed by atoms with E-state index < -0.39 is 0 Å². The Morgan fingerprint density at radius 3 is 2.41 bits per heavy atom. The molecule has 0 radical (unpaired) electrons. The van der Waals surface area contributed by atoms with E-state index in [0.717, 1.165) is 34.9 Å². The summed E-state index contributed by atoms with van der Waals surface area (Å²) in [6, 6.07) is 16.9. The fourth-order valence-corrected chi connectivity index (χ4v) is 6.88. The van der Waals surface area contributed by atoms with Crippen LogP contribution in [0.4, 0.5) is 0 Å². The topological polar surface area (TPSA) is 86.0 Å². The van der Waals surface area contributed by atoms with Crippen LogP contribution in [0.2, 0.25) is 0 Å². The Morgan fingerprint density at radius 2 is 1.71 bits per heavy atom. The summed E-state index contributed by atoms with van der Waals surface area (Å²) in [4.78, 5) is 19.7. The van der Waals surface area contributed by atoms with Crippen LogP contribution in [-0.4, -0.2) is 27.8 Å². The molecule has 1 aromatic heterocycles. The molecule has 0 spiro atoms. The first-order chi connectivity index (χ1) is 16.4. The van der Waals surface area contributed by atoms with Gasteiger partial charge in [0.2, 0.25) is 0 Å². The Hall–Kier alpha value is -2.92. The molecule has 5 nitrogen and oxygen atoms in total. The first-order valence-electron chi connectivity index (χ1n) is 12.8. The van der Waals surface area contributed by atoms with E-state index in [0.29, 0.717) is 17.6 Å². The first-order valence-corrected chi connectivity index (χ1v) is 12.8. The molecule has 2 aromatic carbocycles. The van der Waals surface area contributed by atoms with Crippen molar-refractivity contribution in [1.29, 1.82) is 5.41 Å². The number of para-hydroxylation sites is 1. The highest BCUT2D eigenvalue weighted by atomic mass is 16.1. The highest BCUT2D eigenvalue weighted by Gasteiger charge is 2.47. The van der Waals surface area contributed by atoms with Crippen molar-refractivity contribution in [2.75, 3.05) is 0 Å². The van der Waals surface area contributed by atoms with Crippen molar-refractivity contribution in [2.24, 2.45) is 5.73 Å². The van der Waals surface area contributed by atoms with Gasteiger partial charge in [0, 0.05) is 34.1 Å². The summed E-state index contributed by atoms with van der Waals surface area (Å²) in [5, 5.41) is 9.10. The molecule has 2 fully saturated rings. The van der Waals surface area contributed by atoms with Crippen LogP contribution in [0.25, 0.3) is 22.0 Å². The Kier molecular flexibility index (Phi) is 6.07. The van der Waals surface area contributed by atoms with Crippen LogP contribution in [0.3, 0.4) is 0 Å². The highest BCUT2D eigenvalue weighted by Crippen LogP contribution is 2.50. The molecule has 178 valence electrons. The predicted octanol–water partition coefficient (Wildman–Crippen LogP) is 5.90. The quantitative estimate of drug-likeness (QED) is 0.337. The zero-order valence-corrected chi connectivity index (χ0v) is 20.4. The SMILES string of the molecule is CC1CCCC(C)N1C1(c2c(-c3cccc(C(=N)N)c3)c(=O)[nH]c3ccccc23)CCCCC1. The van der Waals surface area contributed by atoms with Gasteiger partial charge in [-0.2, -0.15) is 0 Å². The number of aromatic amines is 1. The van der Waals surface area contributed by atoms with Crippen molar-refractivity contribution < 1.29 is 0 Å². The lowest BCUT2D eigenvalue weighted by Crippen LogP contribution is -2.57. The molecule has 5 heteroatoms. The summed E-state index contributed by atoms with van der Waals surface area (Å²) in [6.45, 7) is 4.74. The van der Waals surface area contributed by atoms with Gasteiger partial charge in [-0.25, -0.2) is 0 Å². The molecule has 3 aromatic rings. The number of nitrogens with zero attached hydrogens (tertiary/aromatic N) is 1. The molecule has 2 unspecified atom stereocenters. The standard InChI is InChI=1S/C29H36N4O/c1-19-10-8-11-20(2)33(19)29(16-6-3-7-17-29)26-23-14-4-5-15-24(23)32-28(34)25(26)21-12-9-13-22(18-21)27(30)31/h4-5,9,12-15,18-20H,3,6-8,10-11,16-17H2,1-2H3,(H3,30,31)(H,32,34). The number of nitrogens with two attached hydrogens (primary N) is 1. The minimum absolute atomic E-state index is 0.0197. The van der Waals surface area contributed by atoms with Crippen LogP contribution in [0.15, 0.2) is 53.3 Å². The van der Waals surface area contributed by atoms with E-state index in [1.54, 1.807) is 0 Å². The van der Waals surface area contributed by atoms with Gasteiger partial charge in [-0.3, -0.25) is 15.1 Å². The zero-order chi connectivity index (χ0) is 23.9. The van der Waals surface area contributed by atoms with Crippen LogP contribution in [0, 0.1) is 5.41 Å². The van der Waals surface area contributed by atoms with Gasteiger partial charge in [-0.05, 0) is 62.8 Å². The molecular formula is C29H36N4O. The number of amidine groups is 1. The minimum atomic E-state index is -0.188. The number of likely N-dealkylation sites (tertiary alicyclic amines) is 1. The van der Waals surface area contributed by atoms with Crippen molar-refractivity contribution >= 4 is 16.7 Å². The lowest BCUT2D eigenvalue weighted by Gasteiger charge is -2.55. The minimum Gasteiger partial charge on any atom is -0.384 e. The maximum absolute atomic E-state index is 13.8. The van der Waals surface area contributed by atoms with Crippen molar-refractivity contribution in [3.05, 3.63) is 70.0 Å². The van der Waals surface area contributed by atoms with Gasteiger partial charge in [0.25, 0.3) is 5.56 Å². The molecule has 0 bridgehead atoms. The van der Waals surface area contributed by atoms with E-state index in [9.17, 15) is 4.79 Å². The number of fused-ring (bicyclic) bond motifs is 1. The third kappa shape index (κ3) is 3.76. The van der Waals surface area contributed by atoms with Gasteiger partial charge in [-0.1, -0.05) is 62.1 Å². The number of hydrogen-bond acceptors (Lipinski definition) is 3. The number of benzene rings is 2. The Balaban J connectivity index is 1.87. The van der Waals surface area contributed by atoms with Gasteiger partial charge in [-0.15, -0.1) is 0 Å². The first kappa shape index (κ1) is 22.9. The van der Waals surface area contributed by atoms with Crippen LogP contribution in [-0.2, 0) is 5.54 Å². The highest BCUT2D eigenvalue weighted by molar-refractivity contribution is 5.97. The van der Waals surface area contributed by atoms with E-state index in [1.165, 1.54) is 44.1 Å². The summed E-state index contributed by atoms with van der Waals surface area (Å²) in [5.74, 6) is 0.0197.